The van der Waals surface area contributed by atoms with Gasteiger partial charge in [0, 0.05) is 4.47 Å². The van der Waals surface area contributed by atoms with Crippen molar-refractivity contribution in [1.82, 2.24) is 0 Å². The third kappa shape index (κ3) is 1.89. The smallest absolute Gasteiger partial charge is 0.0239 e. The first kappa shape index (κ1) is 9.79. The van der Waals surface area contributed by atoms with Gasteiger partial charge >= 0.3 is 0 Å². The van der Waals surface area contributed by atoms with Crippen LogP contribution in [0, 0.1) is 13.8 Å². The Bertz CT molecular complexity index is 277. The van der Waals surface area contributed by atoms with Crippen LogP contribution in [0.2, 0.25) is 0 Å². The Kier molecular flexibility index (Phi) is 3.33. The molecule has 0 amide bonds. The fourth-order valence-corrected chi connectivity index (χ4v) is 2.03. The van der Waals surface area contributed by atoms with Crippen LogP contribution >= 0.6 is 15.9 Å². The Morgan fingerprint density at radius 2 is 1.75 bits per heavy atom. The molecule has 1 heteroatoms. The van der Waals surface area contributed by atoms with E-state index in [0.29, 0.717) is 0 Å². The monoisotopic (exact) mass is 226 g/mol. The van der Waals surface area contributed by atoms with Crippen molar-refractivity contribution in [3.8, 4) is 0 Å². The zero-order valence-electron chi connectivity index (χ0n) is 7.95. The summed E-state index contributed by atoms with van der Waals surface area (Å²) < 4.78 is 1.30. The highest BCUT2D eigenvalue weighted by Crippen LogP contribution is 2.25. The Balaban J connectivity index is 3.14. The molecule has 0 aliphatic carbocycles. The van der Waals surface area contributed by atoms with Crippen molar-refractivity contribution in [3.63, 3.8) is 0 Å². The second kappa shape index (κ2) is 4.08. The van der Waals surface area contributed by atoms with E-state index in [1.165, 1.54) is 34.0 Å². The molecular formula is C11H15Br. The standard InChI is InChI=1S/C11H15Br/c1-4-5-10-8(2)6-7-9(3)11(10)12/h6-7H,4-5H2,1-3H3. The van der Waals surface area contributed by atoms with Crippen LogP contribution in [0.25, 0.3) is 0 Å². The maximum atomic E-state index is 3.63. The summed E-state index contributed by atoms with van der Waals surface area (Å²) in [6.45, 7) is 6.53. The minimum Gasteiger partial charge on any atom is -0.0651 e. The predicted octanol–water partition coefficient (Wildman–Crippen LogP) is 4.02. The molecule has 0 aliphatic rings. The molecule has 0 fully saturated rings. The average molecular weight is 227 g/mol. The van der Waals surface area contributed by atoms with Crippen LogP contribution in [-0.4, -0.2) is 0 Å². The molecular weight excluding hydrogens is 212 g/mol. The molecule has 12 heavy (non-hydrogen) atoms. The Labute approximate surface area is 83.1 Å². The quantitative estimate of drug-likeness (QED) is 0.715. The van der Waals surface area contributed by atoms with E-state index >= 15 is 0 Å². The van der Waals surface area contributed by atoms with Gasteiger partial charge in [0.15, 0.2) is 0 Å². The van der Waals surface area contributed by atoms with Crippen molar-refractivity contribution in [2.45, 2.75) is 33.6 Å². The van der Waals surface area contributed by atoms with Crippen LogP contribution < -0.4 is 0 Å². The Hall–Kier alpha value is -0.300. The first-order valence-electron chi connectivity index (χ1n) is 4.41. The highest BCUT2D eigenvalue weighted by molar-refractivity contribution is 9.10. The number of hydrogen-bond donors (Lipinski definition) is 0. The van der Waals surface area contributed by atoms with Gasteiger partial charge in [-0.15, -0.1) is 0 Å². The number of benzene rings is 1. The van der Waals surface area contributed by atoms with Crippen molar-refractivity contribution >= 4 is 15.9 Å². The number of aryl methyl sites for hydroxylation is 2. The minimum absolute atomic E-state index is 1.17. The third-order valence-electron chi connectivity index (χ3n) is 2.17. The molecule has 1 aromatic carbocycles. The van der Waals surface area contributed by atoms with Crippen molar-refractivity contribution in [3.05, 3.63) is 33.3 Å². The van der Waals surface area contributed by atoms with Gasteiger partial charge in [0.05, 0.1) is 0 Å². The molecule has 0 heterocycles. The second-order valence-electron chi connectivity index (χ2n) is 3.24. The second-order valence-corrected chi connectivity index (χ2v) is 4.03. The average Bonchev–Trinajstić information content (AvgIpc) is 2.06. The zero-order valence-corrected chi connectivity index (χ0v) is 9.53. The molecule has 0 bridgehead atoms. The van der Waals surface area contributed by atoms with Gasteiger partial charge in [-0.1, -0.05) is 41.4 Å². The van der Waals surface area contributed by atoms with E-state index in [1.807, 2.05) is 0 Å². The third-order valence-corrected chi connectivity index (χ3v) is 3.27. The zero-order chi connectivity index (χ0) is 9.14. The molecule has 0 N–H and O–H groups in total. The largest absolute Gasteiger partial charge is 0.0651 e. The number of hydrogen-bond acceptors (Lipinski definition) is 0. The molecule has 0 atom stereocenters. The molecule has 1 rings (SSSR count). The fraction of sp³-hybridized carbons (Fsp3) is 0.455. The summed E-state index contributed by atoms with van der Waals surface area (Å²) in [7, 11) is 0. The van der Waals surface area contributed by atoms with Crippen LogP contribution in [0.3, 0.4) is 0 Å². The van der Waals surface area contributed by atoms with Gasteiger partial charge in [0.2, 0.25) is 0 Å². The van der Waals surface area contributed by atoms with E-state index < -0.39 is 0 Å². The Morgan fingerprint density at radius 1 is 1.17 bits per heavy atom. The highest BCUT2D eigenvalue weighted by atomic mass is 79.9. The van der Waals surface area contributed by atoms with Crippen LogP contribution in [0.4, 0.5) is 0 Å². The van der Waals surface area contributed by atoms with Gasteiger partial charge in [-0.3, -0.25) is 0 Å². The molecule has 0 aliphatic heterocycles. The molecule has 1 aromatic rings. The predicted molar refractivity (Wildman–Crippen MR) is 57.6 cm³/mol. The van der Waals surface area contributed by atoms with Gasteiger partial charge in [-0.2, -0.15) is 0 Å². The van der Waals surface area contributed by atoms with E-state index in [0.717, 1.165) is 0 Å². The molecule has 0 spiro atoms. The summed E-state index contributed by atoms with van der Waals surface area (Å²) in [5, 5.41) is 0. The summed E-state index contributed by atoms with van der Waals surface area (Å²) in [5.41, 5.74) is 4.20. The van der Waals surface area contributed by atoms with Crippen molar-refractivity contribution in [1.29, 1.82) is 0 Å². The summed E-state index contributed by atoms with van der Waals surface area (Å²) in [5.74, 6) is 0. The van der Waals surface area contributed by atoms with Crippen LogP contribution in [0.15, 0.2) is 16.6 Å². The lowest BCUT2D eigenvalue weighted by Crippen LogP contribution is -1.92. The normalized spacial score (nSPS) is 10.3. The van der Waals surface area contributed by atoms with Crippen molar-refractivity contribution in [2.75, 3.05) is 0 Å². The van der Waals surface area contributed by atoms with Gasteiger partial charge in [-0.25, -0.2) is 0 Å². The van der Waals surface area contributed by atoms with Gasteiger partial charge in [-0.05, 0) is 37.0 Å². The van der Waals surface area contributed by atoms with Crippen LogP contribution in [0.5, 0.6) is 0 Å². The van der Waals surface area contributed by atoms with Gasteiger partial charge in [0.25, 0.3) is 0 Å². The molecule has 66 valence electrons. The lowest BCUT2D eigenvalue weighted by atomic mass is 10.0. The maximum absolute atomic E-state index is 3.63. The molecule has 0 saturated carbocycles. The summed E-state index contributed by atoms with van der Waals surface area (Å²) in [6.07, 6.45) is 2.39. The summed E-state index contributed by atoms with van der Waals surface area (Å²) in [6, 6.07) is 4.36. The Morgan fingerprint density at radius 3 is 2.33 bits per heavy atom. The lowest BCUT2D eigenvalue weighted by Gasteiger charge is -2.09. The van der Waals surface area contributed by atoms with Gasteiger partial charge < -0.3 is 0 Å². The topological polar surface area (TPSA) is 0 Å². The maximum Gasteiger partial charge on any atom is 0.0239 e. The highest BCUT2D eigenvalue weighted by Gasteiger charge is 2.04. The molecule has 0 saturated heterocycles. The first-order chi connectivity index (χ1) is 5.66. The molecule has 0 radical (unpaired) electrons. The van der Waals surface area contributed by atoms with Crippen molar-refractivity contribution in [2.24, 2.45) is 0 Å². The van der Waals surface area contributed by atoms with E-state index in [-0.39, 0.29) is 0 Å². The molecule has 0 nitrogen and oxygen atoms in total. The van der Waals surface area contributed by atoms with Crippen LogP contribution in [-0.2, 0) is 6.42 Å². The minimum atomic E-state index is 1.17. The SMILES string of the molecule is CCCc1c(C)ccc(C)c1Br. The van der Waals surface area contributed by atoms with Gasteiger partial charge in [0.1, 0.15) is 0 Å². The summed E-state index contributed by atoms with van der Waals surface area (Å²) in [4.78, 5) is 0. The first-order valence-corrected chi connectivity index (χ1v) is 5.20. The van der Waals surface area contributed by atoms with E-state index in [2.05, 4.69) is 48.8 Å². The number of rotatable bonds is 2. The summed E-state index contributed by atoms with van der Waals surface area (Å²) >= 11 is 3.63. The van der Waals surface area contributed by atoms with E-state index in [1.54, 1.807) is 0 Å². The van der Waals surface area contributed by atoms with Crippen molar-refractivity contribution < 1.29 is 0 Å². The fourth-order valence-electron chi connectivity index (χ4n) is 1.39. The van der Waals surface area contributed by atoms with E-state index in [4.69, 9.17) is 0 Å². The lowest BCUT2D eigenvalue weighted by molar-refractivity contribution is 0.905. The molecule has 0 aromatic heterocycles. The molecule has 0 unspecified atom stereocenters. The van der Waals surface area contributed by atoms with Crippen LogP contribution in [0.1, 0.15) is 30.0 Å². The van der Waals surface area contributed by atoms with E-state index in [9.17, 15) is 0 Å². The number of halogens is 1.